The lowest BCUT2D eigenvalue weighted by Crippen LogP contribution is -2.39. The van der Waals surface area contributed by atoms with E-state index in [1.807, 2.05) is 12.1 Å². The van der Waals surface area contributed by atoms with Gasteiger partial charge in [0.25, 0.3) is 0 Å². The number of ether oxygens (including phenoxy) is 1. The molecule has 1 aromatic rings. The third kappa shape index (κ3) is 1.97. The Labute approximate surface area is 102 Å². The molecule has 0 aliphatic carbocycles. The van der Waals surface area contributed by atoms with Gasteiger partial charge in [-0.3, -0.25) is 0 Å². The van der Waals surface area contributed by atoms with Crippen molar-refractivity contribution in [1.29, 1.82) is 0 Å². The molecule has 1 aromatic heterocycles. The zero-order valence-electron chi connectivity index (χ0n) is 10.1. The van der Waals surface area contributed by atoms with Gasteiger partial charge in [-0.05, 0) is 37.8 Å². The molecule has 2 fully saturated rings. The van der Waals surface area contributed by atoms with Gasteiger partial charge >= 0.3 is 0 Å². The molecular weight excluding hydrogens is 214 g/mol. The van der Waals surface area contributed by atoms with Gasteiger partial charge in [-0.15, -0.1) is 0 Å². The molecule has 1 spiro atoms. The quantitative estimate of drug-likeness (QED) is 0.803. The standard InChI is InChI=1S/C13H19N3O/c14-11-4-3-7-15-12(11)16-8-6-13(10-16)5-1-2-9-17-13/h3-4,7H,1-2,5-6,8-10,14H2/t13-/m0/s1. The minimum Gasteiger partial charge on any atom is -0.396 e. The average Bonchev–Trinajstić information content (AvgIpc) is 2.74. The van der Waals surface area contributed by atoms with E-state index in [0.717, 1.165) is 37.6 Å². The maximum atomic E-state index is 6.01. The van der Waals surface area contributed by atoms with Crippen LogP contribution in [-0.4, -0.2) is 30.3 Å². The van der Waals surface area contributed by atoms with Crippen LogP contribution < -0.4 is 10.6 Å². The fourth-order valence-corrected chi connectivity index (χ4v) is 2.93. The summed E-state index contributed by atoms with van der Waals surface area (Å²) < 4.78 is 6.01. The van der Waals surface area contributed by atoms with E-state index < -0.39 is 0 Å². The summed E-state index contributed by atoms with van der Waals surface area (Å²) in [7, 11) is 0. The van der Waals surface area contributed by atoms with Crippen LogP contribution in [0.1, 0.15) is 25.7 Å². The highest BCUT2D eigenvalue weighted by molar-refractivity contribution is 5.62. The van der Waals surface area contributed by atoms with E-state index in [2.05, 4.69) is 9.88 Å². The topological polar surface area (TPSA) is 51.4 Å². The van der Waals surface area contributed by atoms with E-state index in [4.69, 9.17) is 10.5 Å². The van der Waals surface area contributed by atoms with Crippen molar-refractivity contribution in [3.63, 3.8) is 0 Å². The van der Waals surface area contributed by atoms with Crippen molar-refractivity contribution in [3.8, 4) is 0 Å². The van der Waals surface area contributed by atoms with Crippen LogP contribution in [0.4, 0.5) is 11.5 Å². The van der Waals surface area contributed by atoms with Crippen LogP contribution in [0.3, 0.4) is 0 Å². The van der Waals surface area contributed by atoms with Gasteiger partial charge in [0.1, 0.15) is 0 Å². The number of nitrogens with two attached hydrogens (primary N) is 1. The first-order chi connectivity index (χ1) is 8.29. The molecular formula is C13H19N3O. The molecule has 0 aromatic carbocycles. The number of nitrogens with zero attached hydrogens (tertiary/aromatic N) is 2. The minimum atomic E-state index is 0.0716. The van der Waals surface area contributed by atoms with Crippen LogP contribution in [0, 0.1) is 0 Å². The van der Waals surface area contributed by atoms with Gasteiger partial charge in [0.2, 0.25) is 0 Å². The zero-order valence-corrected chi connectivity index (χ0v) is 10.1. The Bertz CT molecular complexity index is 401. The van der Waals surface area contributed by atoms with Crippen molar-refractivity contribution < 1.29 is 4.74 Å². The lowest BCUT2D eigenvalue weighted by atomic mass is 9.93. The van der Waals surface area contributed by atoms with Gasteiger partial charge in [0.15, 0.2) is 5.82 Å². The van der Waals surface area contributed by atoms with Crippen LogP contribution in [-0.2, 0) is 4.74 Å². The van der Waals surface area contributed by atoms with Crippen LogP contribution in [0.5, 0.6) is 0 Å². The van der Waals surface area contributed by atoms with Gasteiger partial charge in [-0.2, -0.15) is 0 Å². The van der Waals surface area contributed by atoms with Crippen LogP contribution in [0.15, 0.2) is 18.3 Å². The zero-order chi connectivity index (χ0) is 11.7. The van der Waals surface area contributed by atoms with E-state index in [0.29, 0.717) is 0 Å². The molecule has 17 heavy (non-hydrogen) atoms. The van der Waals surface area contributed by atoms with Crippen LogP contribution >= 0.6 is 0 Å². The Balaban J connectivity index is 1.77. The number of rotatable bonds is 1. The third-order valence-corrected chi connectivity index (χ3v) is 3.87. The molecule has 3 heterocycles. The number of nitrogen functional groups attached to an aromatic ring is 1. The molecule has 2 N–H and O–H groups in total. The Kier molecular flexibility index (Phi) is 2.67. The second-order valence-electron chi connectivity index (χ2n) is 5.08. The van der Waals surface area contributed by atoms with Crippen molar-refractivity contribution in [2.24, 2.45) is 0 Å². The SMILES string of the molecule is Nc1cccnc1N1CC[C@@]2(CCCCO2)C1. The third-order valence-electron chi connectivity index (χ3n) is 3.87. The second kappa shape index (κ2) is 4.18. The molecule has 2 saturated heterocycles. The Morgan fingerprint density at radius 3 is 3.06 bits per heavy atom. The normalized spacial score (nSPS) is 28.8. The Hall–Kier alpha value is -1.29. The first-order valence-corrected chi connectivity index (χ1v) is 6.39. The summed E-state index contributed by atoms with van der Waals surface area (Å²) in [6.07, 6.45) is 6.57. The molecule has 0 amide bonds. The number of aromatic nitrogens is 1. The summed E-state index contributed by atoms with van der Waals surface area (Å²) in [6.45, 7) is 2.85. The molecule has 92 valence electrons. The molecule has 2 aliphatic rings. The van der Waals surface area contributed by atoms with Crippen molar-refractivity contribution in [1.82, 2.24) is 4.98 Å². The van der Waals surface area contributed by atoms with Gasteiger partial charge in [-0.25, -0.2) is 4.98 Å². The molecule has 0 bridgehead atoms. The van der Waals surface area contributed by atoms with Crippen LogP contribution in [0.2, 0.25) is 0 Å². The van der Waals surface area contributed by atoms with Gasteiger partial charge in [0, 0.05) is 25.9 Å². The van der Waals surface area contributed by atoms with Crippen molar-refractivity contribution >= 4 is 11.5 Å². The number of hydrogen-bond acceptors (Lipinski definition) is 4. The summed E-state index contributed by atoms with van der Waals surface area (Å²) in [4.78, 5) is 6.65. The molecule has 1 atom stereocenters. The van der Waals surface area contributed by atoms with Crippen molar-refractivity contribution in [2.75, 3.05) is 30.3 Å². The van der Waals surface area contributed by atoms with E-state index in [9.17, 15) is 0 Å². The highest BCUT2D eigenvalue weighted by Gasteiger charge is 2.40. The summed E-state index contributed by atoms with van der Waals surface area (Å²) in [6, 6.07) is 3.79. The Morgan fingerprint density at radius 1 is 1.35 bits per heavy atom. The smallest absolute Gasteiger partial charge is 0.151 e. The van der Waals surface area contributed by atoms with E-state index in [-0.39, 0.29) is 5.60 Å². The van der Waals surface area contributed by atoms with Gasteiger partial charge < -0.3 is 15.4 Å². The second-order valence-corrected chi connectivity index (χ2v) is 5.08. The number of anilines is 2. The average molecular weight is 233 g/mol. The first kappa shape index (κ1) is 10.8. The van der Waals surface area contributed by atoms with E-state index in [1.54, 1.807) is 6.20 Å². The summed E-state index contributed by atoms with van der Waals surface area (Å²) >= 11 is 0. The lowest BCUT2D eigenvalue weighted by molar-refractivity contribution is -0.0621. The number of pyridine rings is 1. The maximum absolute atomic E-state index is 6.01. The predicted molar refractivity (Wildman–Crippen MR) is 68.0 cm³/mol. The molecule has 4 nitrogen and oxygen atoms in total. The highest BCUT2D eigenvalue weighted by Crippen LogP contribution is 2.36. The highest BCUT2D eigenvalue weighted by atomic mass is 16.5. The lowest BCUT2D eigenvalue weighted by Gasteiger charge is -2.33. The fourth-order valence-electron chi connectivity index (χ4n) is 2.93. The summed E-state index contributed by atoms with van der Waals surface area (Å²) in [5.41, 5.74) is 6.81. The molecule has 4 heteroatoms. The minimum absolute atomic E-state index is 0.0716. The number of hydrogen-bond donors (Lipinski definition) is 1. The van der Waals surface area contributed by atoms with Crippen molar-refractivity contribution in [3.05, 3.63) is 18.3 Å². The largest absolute Gasteiger partial charge is 0.396 e. The van der Waals surface area contributed by atoms with Gasteiger partial charge in [-0.1, -0.05) is 0 Å². The first-order valence-electron chi connectivity index (χ1n) is 6.39. The summed E-state index contributed by atoms with van der Waals surface area (Å²) in [5.74, 6) is 0.915. The van der Waals surface area contributed by atoms with Crippen molar-refractivity contribution in [2.45, 2.75) is 31.3 Å². The predicted octanol–water partition coefficient (Wildman–Crippen LogP) is 1.81. The molecule has 2 aliphatic heterocycles. The Morgan fingerprint density at radius 2 is 2.29 bits per heavy atom. The molecule has 0 radical (unpaired) electrons. The van der Waals surface area contributed by atoms with E-state index >= 15 is 0 Å². The molecule has 0 saturated carbocycles. The molecule has 0 unspecified atom stereocenters. The summed E-state index contributed by atoms with van der Waals surface area (Å²) in [5, 5.41) is 0. The van der Waals surface area contributed by atoms with Crippen LogP contribution in [0.25, 0.3) is 0 Å². The van der Waals surface area contributed by atoms with Gasteiger partial charge in [0.05, 0.1) is 11.3 Å². The fraction of sp³-hybridized carbons (Fsp3) is 0.615. The monoisotopic (exact) mass is 233 g/mol. The maximum Gasteiger partial charge on any atom is 0.151 e. The van der Waals surface area contributed by atoms with E-state index in [1.165, 1.54) is 19.3 Å². The molecule has 3 rings (SSSR count).